The van der Waals surface area contributed by atoms with Gasteiger partial charge in [-0.05, 0) is 13.8 Å². The molecule has 0 aromatic carbocycles. The topological polar surface area (TPSA) is 139 Å². The van der Waals surface area contributed by atoms with Crippen LogP contribution in [0.25, 0.3) is 0 Å². The fourth-order valence-corrected chi connectivity index (χ4v) is 1.47. The number of hydrogen-bond donors (Lipinski definition) is 0. The molecule has 2 heterocycles. The van der Waals surface area contributed by atoms with Gasteiger partial charge in [0.05, 0.1) is 13.2 Å². The van der Waals surface area contributed by atoms with Crippen molar-refractivity contribution in [2.45, 2.75) is 27.7 Å². The summed E-state index contributed by atoms with van der Waals surface area (Å²) in [6.07, 6.45) is 2.21. The summed E-state index contributed by atoms with van der Waals surface area (Å²) in [5.41, 5.74) is 0.0408. The first kappa shape index (κ1) is 20.7. The fraction of sp³-hybridized carbons (Fsp3) is 0.375. The molecule has 0 aliphatic carbocycles. The minimum Gasteiger partial charge on any atom is -0.461 e. The molecule has 0 spiro atoms. The Hall–Kier alpha value is -3.30. The Labute approximate surface area is 148 Å². The number of carbonyl (C=O) groups is 4. The minimum absolute atomic E-state index is 0.0204. The van der Waals surface area contributed by atoms with Crippen LogP contribution >= 0.6 is 0 Å². The highest BCUT2D eigenvalue weighted by Crippen LogP contribution is 2.05. The lowest BCUT2D eigenvalue weighted by molar-refractivity contribution is 0.0510. The maximum Gasteiger partial charge on any atom is 0.360 e. The van der Waals surface area contributed by atoms with Crippen LogP contribution in [-0.4, -0.2) is 46.7 Å². The summed E-state index contributed by atoms with van der Waals surface area (Å²) in [6, 6.07) is 0. The van der Waals surface area contributed by atoms with Crippen LogP contribution in [0.15, 0.2) is 21.4 Å². The van der Waals surface area contributed by atoms with Crippen LogP contribution in [0.2, 0.25) is 0 Å². The molecular formula is C16H18N2O8. The van der Waals surface area contributed by atoms with Gasteiger partial charge in [0, 0.05) is 13.8 Å². The number of ether oxygens (including phenoxy) is 2. The molecule has 0 fully saturated rings. The Morgan fingerprint density at radius 3 is 1.38 bits per heavy atom. The number of hydrogen-bond acceptors (Lipinski definition) is 10. The molecule has 0 bridgehead atoms. The Morgan fingerprint density at radius 2 is 1.15 bits per heavy atom. The largest absolute Gasteiger partial charge is 0.461 e. The summed E-state index contributed by atoms with van der Waals surface area (Å²) in [6.45, 7) is 6.51. The van der Waals surface area contributed by atoms with E-state index >= 15 is 0 Å². The van der Waals surface area contributed by atoms with Crippen LogP contribution in [0.4, 0.5) is 0 Å². The third-order valence-electron chi connectivity index (χ3n) is 2.58. The molecule has 140 valence electrons. The van der Waals surface area contributed by atoms with Crippen molar-refractivity contribution >= 4 is 23.5 Å². The van der Waals surface area contributed by atoms with Gasteiger partial charge >= 0.3 is 11.9 Å². The molecule has 2 aromatic heterocycles. The highest BCUT2D eigenvalue weighted by molar-refractivity contribution is 5.93. The van der Waals surface area contributed by atoms with Gasteiger partial charge in [0.2, 0.25) is 11.6 Å². The summed E-state index contributed by atoms with van der Waals surface area (Å²) < 4.78 is 18.8. The van der Waals surface area contributed by atoms with E-state index in [1.807, 2.05) is 0 Å². The molecule has 0 amide bonds. The van der Waals surface area contributed by atoms with Crippen molar-refractivity contribution in [2.24, 2.45) is 0 Å². The molecule has 0 aliphatic rings. The van der Waals surface area contributed by atoms with Crippen LogP contribution in [0.3, 0.4) is 0 Å². The molecule has 0 radical (unpaired) electrons. The van der Waals surface area contributed by atoms with Crippen LogP contribution in [-0.2, 0) is 9.47 Å². The van der Waals surface area contributed by atoms with Crippen LogP contribution < -0.4 is 0 Å². The molecule has 0 saturated heterocycles. The van der Waals surface area contributed by atoms with E-state index in [0.717, 1.165) is 12.5 Å². The average Bonchev–Trinajstić information content (AvgIpc) is 3.26. The van der Waals surface area contributed by atoms with Gasteiger partial charge in [0.25, 0.3) is 11.8 Å². The Morgan fingerprint density at radius 1 is 0.808 bits per heavy atom. The number of nitrogens with zero attached hydrogens (tertiary/aromatic N) is 2. The molecule has 0 unspecified atom stereocenters. The lowest BCUT2D eigenvalue weighted by atomic mass is 10.4. The number of ketones is 2. The Bertz CT molecular complexity index is 724. The normalized spacial score (nSPS) is 9.69. The number of esters is 2. The van der Waals surface area contributed by atoms with Gasteiger partial charge in [0.1, 0.15) is 12.5 Å². The molecule has 0 aliphatic heterocycles. The van der Waals surface area contributed by atoms with Crippen LogP contribution in [0.1, 0.15) is 70.0 Å². The number of aromatic nitrogens is 2. The highest BCUT2D eigenvalue weighted by atomic mass is 16.5. The summed E-state index contributed by atoms with van der Waals surface area (Å²) in [5.74, 6) is -1.98. The molecule has 26 heavy (non-hydrogen) atoms. The second-order valence-electron chi connectivity index (χ2n) is 4.63. The van der Waals surface area contributed by atoms with Gasteiger partial charge in [-0.25, -0.2) is 9.59 Å². The van der Waals surface area contributed by atoms with Crippen LogP contribution in [0.5, 0.6) is 0 Å². The number of rotatable bonds is 6. The first-order chi connectivity index (χ1) is 12.3. The maximum atomic E-state index is 11.0. The highest BCUT2D eigenvalue weighted by Gasteiger charge is 2.15. The summed E-state index contributed by atoms with van der Waals surface area (Å²) in [7, 11) is 0. The quantitative estimate of drug-likeness (QED) is 0.551. The summed E-state index contributed by atoms with van der Waals surface area (Å²) >= 11 is 0. The van der Waals surface area contributed by atoms with Crippen LogP contribution in [0, 0.1) is 0 Å². The van der Waals surface area contributed by atoms with Gasteiger partial charge in [0.15, 0.2) is 11.4 Å². The van der Waals surface area contributed by atoms with E-state index < -0.39 is 11.9 Å². The predicted octanol–water partition coefficient (Wildman–Crippen LogP) is 2.11. The van der Waals surface area contributed by atoms with E-state index in [0.29, 0.717) is 0 Å². The van der Waals surface area contributed by atoms with Crippen molar-refractivity contribution in [2.75, 3.05) is 13.2 Å². The van der Waals surface area contributed by atoms with Crippen molar-refractivity contribution in [3.63, 3.8) is 0 Å². The second-order valence-corrected chi connectivity index (χ2v) is 4.63. The third kappa shape index (κ3) is 5.96. The van der Waals surface area contributed by atoms with E-state index in [1.165, 1.54) is 13.8 Å². The zero-order valence-electron chi connectivity index (χ0n) is 14.7. The third-order valence-corrected chi connectivity index (χ3v) is 2.58. The van der Waals surface area contributed by atoms with E-state index in [-0.39, 0.29) is 47.9 Å². The summed E-state index contributed by atoms with van der Waals surface area (Å²) in [4.78, 5) is 50.8. The molecule has 2 rings (SSSR count). The van der Waals surface area contributed by atoms with Crippen molar-refractivity contribution in [3.05, 3.63) is 35.7 Å². The van der Waals surface area contributed by atoms with Crippen molar-refractivity contribution in [3.8, 4) is 0 Å². The first-order valence-corrected chi connectivity index (χ1v) is 7.57. The second kappa shape index (κ2) is 9.87. The lowest BCUT2D eigenvalue weighted by Gasteiger charge is -1.94. The number of Topliss-reactive ketones (excluding diaryl/α,β-unsaturated/α-hetero) is 2. The molecule has 10 nitrogen and oxygen atoms in total. The smallest absolute Gasteiger partial charge is 0.360 e. The first-order valence-electron chi connectivity index (χ1n) is 7.57. The van der Waals surface area contributed by atoms with Crippen molar-refractivity contribution < 1.29 is 37.5 Å². The molecule has 2 aromatic rings. The zero-order chi connectivity index (χ0) is 19.7. The molecular weight excluding hydrogens is 348 g/mol. The standard InChI is InChI=1S/2C8H9NO4/c2*1-3-12-8(11)6-4-13-7(9-6)5(2)10/h2*4H,3H2,1-2H3. The Balaban J connectivity index is 0.000000260. The lowest BCUT2D eigenvalue weighted by Crippen LogP contribution is -2.05. The summed E-state index contributed by atoms with van der Waals surface area (Å²) in [5, 5.41) is 0. The van der Waals surface area contributed by atoms with Gasteiger partial charge < -0.3 is 18.3 Å². The predicted molar refractivity (Wildman–Crippen MR) is 84.9 cm³/mol. The number of oxazole rings is 2. The van der Waals surface area contributed by atoms with Gasteiger partial charge in [-0.2, -0.15) is 9.97 Å². The SMILES string of the molecule is CCOC(=O)c1coc(C(C)=O)n1.CCOC(=O)c1coc(C(C)=O)n1. The number of carbonyl (C=O) groups excluding carboxylic acids is 4. The molecule has 0 saturated carbocycles. The van der Waals surface area contributed by atoms with E-state index in [9.17, 15) is 19.2 Å². The van der Waals surface area contributed by atoms with E-state index in [4.69, 9.17) is 8.83 Å². The average molecular weight is 366 g/mol. The molecule has 0 N–H and O–H groups in total. The van der Waals surface area contributed by atoms with E-state index in [1.54, 1.807) is 13.8 Å². The van der Waals surface area contributed by atoms with Crippen molar-refractivity contribution in [1.82, 2.24) is 9.97 Å². The maximum absolute atomic E-state index is 11.0. The van der Waals surface area contributed by atoms with Crippen molar-refractivity contribution in [1.29, 1.82) is 0 Å². The molecule has 0 atom stereocenters. The van der Waals surface area contributed by atoms with Gasteiger partial charge in [-0.1, -0.05) is 0 Å². The van der Waals surface area contributed by atoms with E-state index in [2.05, 4.69) is 19.4 Å². The molecule has 10 heteroatoms. The van der Waals surface area contributed by atoms with Gasteiger partial charge in [-0.3, -0.25) is 9.59 Å². The fourth-order valence-electron chi connectivity index (χ4n) is 1.47. The zero-order valence-corrected chi connectivity index (χ0v) is 14.7. The Kier molecular flexibility index (Phi) is 7.87. The minimum atomic E-state index is -0.584. The monoisotopic (exact) mass is 366 g/mol. The van der Waals surface area contributed by atoms with Gasteiger partial charge in [-0.15, -0.1) is 0 Å².